The first kappa shape index (κ1) is 15.9. The van der Waals surface area contributed by atoms with Crippen molar-refractivity contribution >= 4 is 33.0 Å². The summed E-state index contributed by atoms with van der Waals surface area (Å²) < 4.78 is 0. The maximum Gasteiger partial charge on any atom is 0.181 e. The summed E-state index contributed by atoms with van der Waals surface area (Å²) >= 11 is 0. The summed E-state index contributed by atoms with van der Waals surface area (Å²) in [4.78, 5) is 12.1. The Labute approximate surface area is 112 Å². The van der Waals surface area contributed by atoms with E-state index >= 15 is 0 Å². The van der Waals surface area contributed by atoms with Crippen LogP contribution in [0.4, 0.5) is 0 Å². The predicted octanol–water partition coefficient (Wildman–Crippen LogP) is 3.54. The molecule has 1 rings (SSSR count). The van der Waals surface area contributed by atoms with Crippen molar-refractivity contribution in [1.29, 1.82) is 0 Å². The van der Waals surface area contributed by atoms with Gasteiger partial charge in [-0.05, 0) is 45.6 Å². The van der Waals surface area contributed by atoms with Crippen molar-refractivity contribution in [3.8, 4) is 0 Å². The summed E-state index contributed by atoms with van der Waals surface area (Å²) in [5.74, 6) is 0. The van der Waals surface area contributed by atoms with Gasteiger partial charge in [0.15, 0.2) is 5.52 Å². The van der Waals surface area contributed by atoms with Crippen LogP contribution in [-0.2, 0) is 0 Å². The molecule has 16 heavy (non-hydrogen) atoms. The summed E-state index contributed by atoms with van der Waals surface area (Å²) in [6, 6.07) is 6.04. The number of carbonyl (C=O) groups excluding carboxylic acids is 1. The van der Waals surface area contributed by atoms with Crippen LogP contribution in [0.1, 0.15) is 41.8 Å². The standard InChI is InChI=1S/C13H19OP.Li/c1-5-11(4)15-13(14)12-9(2)7-6-8-10(12)3;/h6-8,11,15H,5H2,1-4H3;. The number of hydrogen-bond donors (Lipinski definition) is 0. The third-order valence-electron chi connectivity index (χ3n) is 2.70. The number of hydrogen-bond acceptors (Lipinski definition) is 1. The molecular formula is C13H19LiOP. The molecule has 0 N–H and O–H groups in total. The third-order valence-corrected chi connectivity index (χ3v) is 4.11. The van der Waals surface area contributed by atoms with Gasteiger partial charge in [0.25, 0.3) is 0 Å². The van der Waals surface area contributed by atoms with Crippen LogP contribution in [0, 0.1) is 13.8 Å². The molecule has 0 aromatic heterocycles. The van der Waals surface area contributed by atoms with Gasteiger partial charge in [0.2, 0.25) is 0 Å². The molecule has 0 fully saturated rings. The second kappa shape index (κ2) is 7.28. The Morgan fingerprint density at radius 3 is 2.25 bits per heavy atom. The molecule has 83 valence electrons. The van der Waals surface area contributed by atoms with Crippen molar-refractivity contribution in [2.45, 2.75) is 39.8 Å². The van der Waals surface area contributed by atoms with Gasteiger partial charge in [-0.3, -0.25) is 4.79 Å². The van der Waals surface area contributed by atoms with Gasteiger partial charge in [0.1, 0.15) is 0 Å². The molecule has 0 aliphatic carbocycles. The number of carbonyl (C=O) groups is 1. The van der Waals surface area contributed by atoms with E-state index in [0.29, 0.717) is 19.8 Å². The quantitative estimate of drug-likeness (QED) is 0.570. The smallest absolute Gasteiger partial charge is 0.181 e. The van der Waals surface area contributed by atoms with Gasteiger partial charge in [0.05, 0.1) is 0 Å². The van der Waals surface area contributed by atoms with Gasteiger partial charge < -0.3 is 0 Å². The first-order chi connectivity index (χ1) is 7.06. The molecule has 1 aromatic rings. The molecule has 0 amide bonds. The Bertz CT molecular complexity index is 343. The van der Waals surface area contributed by atoms with Gasteiger partial charge in [-0.15, -0.1) is 0 Å². The van der Waals surface area contributed by atoms with Gasteiger partial charge in [0, 0.05) is 24.4 Å². The van der Waals surface area contributed by atoms with E-state index in [1.165, 1.54) is 0 Å². The van der Waals surface area contributed by atoms with Crippen LogP contribution in [0.15, 0.2) is 18.2 Å². The topological polar surface area (TPSA) is 17.1 Å². The molecule has 1 nitrogen and oxygen atoms in total. The summed E-state index contributed by atoms with van der Waals surface area (Å²) in [6.45, 7) is 8.31. The fourth-order valence-corrected chi connectivity index (χ4v) is 2.76. The van der Waals surface area contributed by atoms with Crippen LogP contribution < -0.4 is 0 Å². The minimum absolute atomic E-state index is 0. The number of aryl methyl sites for hydroxylation is 2. The van der Waals surface area contributed by atoms with Gasteiger partial charge in [-0.25, -0.2) is 0 Å². The zero-order valence-corrected chi connectivity index (χ0v) is 11.9. The third kappa shape index (κ3) is 4.06. The monoisotopic (exact) mass is 229 g/mol. The van der Waals surface area contributed by atoms with E-state index in [1.807, 2.05) is 32.0 Å². The Morgan fingerprint density at radius 1 is 1.31 bits per heavy atom. The van der Waals surface area contributed by atoms with Crippen LogP contribution in [-0.4, -0.2) is 30.0 Å². The fourth-order valence-electron chi connectivity index (χ4n) is 1.57. The Balaban J connectivity index is 0.00000225. The summed E-state index contributed by atoms with van der Waals surface area (Å²) in [5, 5.41) is 0. The van der Waals surface area contributed by atoms with E-state index in [2.05, 4.69) is 13.8 Å². The molecule has 2 atom stereocenters. The van der Waals surface area contributed by atoms with Crippen LogP contribution in [0.2, 0.25) is 0 Å². The van der Waals surface area contributed by atoms with Crippen LogP contribution >= 0.6 is 8.58 Å². The molecule has 3 heteroatoms. The Hall–Kier alpha value is -0.0826. The summed E-state index contributed by atoms with van der Waals surface area (Å²) in [6.07, 6.45) is 1.08. The predicted molar refractivity (Wildman–Crippen MR) is 74.1 cm³/mol. The maximum absolute atomic E-state index is 12.1. The van der Waals surface area contributed by atoms with Gasteiger partial charge in [-0.1, -0.05) is 32.0 Å². The molecule has 1 radical (unpaired) electrons. The minimum atomic E-state index is 0. The first-order valence-electron chi connectivity index (χ1n) is 5.43. The molecule has 0 saturated heterocycles. The maximum atomic E-state index is 12.1. The summed E-state index contributed by atoms with van der Waals surface area (Å²) in [5.41, 5.74) is 3.99. The van der Waals surface area contributed by atoms with Crippen molar-refractivity contribution in [3.05, 3.63) is 34.9 Å². The Morgan fingerprint density at radius 2 is 1.81 bits per heavy atom. The normalized spacial score (nSPS) is 12.5. The molecule has 1 aromatic carbocycles. The average molecular weight is 229 g/mol. The molecule has 2 unspecified atom stereocenters. The van der Waals surface area contributed by atoms with E-state index in [9.17, 15) is 4.79 Å². The molecule has 0 aliphatic rings. The van der Waals surface area contributed by atoms with Crippen LogP contribution in [0.5, 0.6) is 0 Å². The van der Waals surface area contributed by atoms with Crippen LogP contribution in [0.3, 0.4) is 0 Å². The van der Waals surface area contributed by atoms with Crippen molar-refractivity contribution in [3.63, 3.8) is 0 Å². The first-order valence-corrected chi connectivity index (χ1v) is 6.51. The minimum Gasteiger partial charge on any atom is -0.289 e. The van der Waals surface area contributed by atoms with Gasteiger partial charge >= 0.3 is 0 Å². The van der Waals surface area contributed by atoms with Crippen LogP contribution in [0.25, 0.3) is 0 Å². The van der Waals surface area contributed by atoms with Crippen molar-refractivity contribution in [2.24, 2.45) is 0 Å². The van der Waals surface area contributed by atoms with Gasteiger partial charge in [-0.2, -0.15) is 0 Å². The largest absolute Gasteiger partial charge is 0.289 e. The van der Waals surface area contributed by atoms with E-state index < -0.39 is 0 Å². The van der Waals surface area contributed by atoms with E-state index in [4.69, 9.17) is 0 Å². The summed E-state index contributed by atoms with van der Waals surface area (Å²) in [7, 11) is 0.411. The zero-order valence-electron chi connectivity index (χ0n) is 10.9. The molecule has 0 heterocycles. The molecule has 0 bridgehead atoms. The van der Waals surface area contributed by atoms with E-state index in [0.717, 1.165) is 23.1 Å². The molecular weight excluding hydrogens is 210 g/mol. The fraction of sp³-hybridized carbons (Fsp3) is 0.462. The number of rotatable bonds is 4. The zero-order chi connectivity index (χ0) is 11.4. The Kier molecular flexibility index (Phi) is 7.25. The molecule has 0 spiro atoms. The number of benzene rings is 1. The molecule has 0 saturated carbocycles. The van der Waals surface area contributed by atoms with E-state index in [-0.39, 0.29) is 18.9 Å². The van der Waals surface area contributed by atoms with Crippen molar-refractivity contribution < 1.29 is 4.79 Å². The molecule has 0 aliphatic heterocycles. The second-order valence-electron chi connectivity index (χ2n) is 4.05. The second-order valence-corrected chi connectivity index (χ2v) is 5.78. The van der Waals surface area contributed by atoms with E-state index in [1.54, 1.807) is 0 Å². The van der Waals surface area contributed by atoms with Crippen molar-refractivity contribution in [2.75, 3.05) is 0 Å². The van der Waals surface area contributed by atoms with Crippen molar-refractivity contribution in [1.82, 2.24) is 0 Å². The SMILES string of the molecule is CCC(C)PC(=O)c1c(C)cccc1C.[Li]. The average Bonchev–Trinajstić information content (AvgIpc) is 2.17.